The summed E-state index contributed by atoms with van der Waals surface area (Å²) in [6.45, 7) is -0.837. The van der Waals surface area contributed by atoms with Crippen LogP contribution in [0, 0.1) is 22.7 Å². The minimum atomic E-state index is -3.97. The van der Waals surface area contributed by atoms with Gasteiger partial charge in [-0.2, -0.15) is 14.8 Å². The van der Waals surface area contributed by atoms with Gasteiger partial charge in [-0.1, -0.05) is 11.6 Å². The summed E-state index contributed by atoms with van der Waals surface area (Å²) >= 11 is 5.68. The number of anilines is 1. The molecule has 0 aromatic heterocycles. The molecule has 0 saturated carbocycles. The number of rotatable bonds is 4. The third kappa shape index (κ3) is 2.90. The van der Waals surface area contributed by atoms with E-state index < -0.39 is 23.1 Å². The quantitative estimate of drug-likeness (QED) is 0.654. The van der Waals surface area contributed by atoms with Crippen LogP contribution in [0.3, 0.4) is 0 Å². The summed E-state index contributed by atoms with van der Waals surface area (Å²) in [4.78, 5) is -0.169. The average Bonchev–Trinajstić information content (AvgIpc) is 2.28. The average molecular weight is 285 g/mol. The molecule has 0 unspecified atom stereocenters. The van der Waals surface area contributed by atoms with Crippen molar-refractivity contribution in [3.8, 4) is 12.1 Å². The maximum absolute atomic E-state index is 12.1. The van der Waals surface area contributed by atoms with Gasteiger partial charge in [-0.05, 0) is 18.2 Å². The van der Waals surface area contributed by atoms with Gasteiger partial charge in [0, 0.05) is 5.02 Å². The molecule has 0 aliphatic carbocycles. The van der Waals surface area contributed by atoms with Crippen LogP contribution in [-0.4, -0.2) is 25.8 Å². The second kappa shape index (κ2) is 5.69. The molecule has 0 aliphatic rings. The number of nitrogen functional groups attached to an aromatic ring is 1. The number of sulfonamides is 1. The Morgan fingerprint density at radius 2 is 1.83 bits per heavy atom. The second-order valence-electron chi connectivity index (χ2n) is 3.27. The van der Waals surface area contributed by atoms with Gasteiger partial charge in [0.15, 0.2) is 0 Å². The van der Waals surface area contributed by atoms with Gasteiger partial charge < -0.3 is 5.73 Å². The van der Waals surface area contributed by atoms with Crippen molar-refractivity contribution in [3.63, 3.8) is 0 Å². The Balaban J connectivity index is 3.28. The molecule has 8 heteroatoms. The number of nitrogens with two attached hydrogens (primary N) is 1. The third-order valence-electron chi connectivity index (χ3n) is 2.08. The van der Waals surface area contributed by atoms with E-state index in [2.05, 4.69) is 0 Å². The Hall–Kier alpha value is -1.80. The summed E-state index contributed by atoms with van der Waals surface area (Å²) in [6.07, 6.45) is 0. The fraction of sp³-hybridized carbons (Fsp3) is 0.200. The molecule has 0 aliphatic heterocycles. The smallest absolute Gasteiger partial charge is 0.247 e. The van der Waals surface area contributed by atoms with Crippen LogP contribution in [0.25, 0.3) is 0 Å². The molecule has 0 fully saturated rings. The highest BCUT2D eigenvalue weighted by Crippen LogP contribution is 2.25. The molecule has 0 bridgehead atoms. The maximum Gasteiger partial charge on any atom is 0.247 e. The normalized spacial score (nSPS) is 10.9. The Labute approximate surface area is 110 Å². The number of hydrogen-bond acceptors (Lipinski definition) is 5. The first-order chi connectivity index (χ1) is 8.43. The number of nitrogens with zero attached hydrogens (tertiary/aromatic N) is 3. The molecule has 0 heterocycles. The zero-order valence-corrected chi connectivity index (χ0v) is 10.7. The van der Waals surface area contributed by atoms with E-state index in [4.69, 9.17) is 27.9 Å². The van der Waals surface area contributed by atoms with Crippen molar-refractivity contribution in [2.45, 2.75) is 4.90 Å². The summed E-state index contributed by atoms with van der Waals surface area (Å²) in [6, 6.07) is 7.29. The van der Waals surface area contributed by atoms with Crippen LogP contribution < -0.4 is 5.73 Å². The molecule has 0 atom stereocenters. The largest absolute Gasteiger partial charge is 0.398 e. The molecule has 0 radical (unpaired) electrons. The lowest BCUT2D eigenvalue weighted by atomic mass is 10.3. The van der Waals surface area contributed by atoms with E-state index in [0.717, 1.165) is 4.31 Å². The fourth-order valence-electron chi connectivity index (χ4n) is 1.28. The molecule has 1 aromatic carbocycles. The topological polar surface area (TPSA) is 111 Å². The van der Waals surface area contributed by atoms with E-state index in [1.54, 1.807) is 12.1 Å². The first-order valence-corrected chi connectivity index (χ1v) is 6.54. The maximum atomic E-state index is 12.1. The predicted molar refractivity (Wildman–Crippen MR) is 65.8 cm³/mol. The molecule has 94 valence electrons. The van der Waals surface area contributed by atoms with Crippen molar-refractivity contribution < 1.29 is 8.42 Å². The molecule has 1 aromatic rings. The van der Waals surface area contributed by atoms with Crippen molar-refractivity contribution in [3.05, 3.63) is 23.2 Å². The van der Waals surface area contributed by atoms with Crippen molar-refractivity contribution >= 4 is 27.3 Å². The van der Waals surface area contributed by atoms with Gasteiger partial charge in [0.05, 0.1) is 17.8 Å². The highest BCUT2D eigenvalue weighted by atomic mass is 35.5. The minimum absolute atomic E-state index is 0.0246. The summed E-state index contributed by atoms with van der Waals surface area (Å²) in [5, 5.41) is 17.4. The molecule has 0 saturated heterocycles. The Kier molecular flexibility index (Phi) is 4.51. The lowest BCUT2D eigenvalue weighted by Crippen LogP contribution is -2.32. The number of benzene rings is 1. The molecule has 0 spiro atoms. The molecule has 6 nitrogen and oxygen atoms in total. The van der Waals surface area contributed by atoms with Crippen LogP contribution in [0.15, 0.2) is 23.1 Å². The standard InChI is InChI=1S/C10H9ClN4O2S/c11-8-1-2-10(9(14)7-8)18(16,17)15(5-3-12)6-4-13/h1-2,7H,5-6,14H2. The lowest BCUT2D eigenvalue weighted by molar-refractivity contribution is 0.480. The zero-order valence-electron chi connectivity index (χ0n) is 9.17. The molecule has 0 amide bonds. The van der Waals surface area contributed by atoms with E-state index in [9.17, 15) is 8.42 Å². The van der Waals surface area contributed by atoms with Gasteiger partial charge in [0.1, 0.15) is 18.0 Å². The van der Waals surface area contributed by atoms with Gasteiger partial charge in [0.2, 0.25) is 10.0 Å². The van der Waals surface area contributed by atoms with Crippen molar-refractivity contribution in [2.75, 3.05) is 18.8 Å². The summed E-state index contributed by atoms with van der Waals surface area (Å²) < 4.78 is 25.0. The van der Waals surface area contributed by atoms with Gasteiger partial charge >= 0.3 is 0 Å². The number of halogens is 1. The number of hydrogen-bond donors (Lipinski definition) is 1. The molecule has 2 N–H and O–H groups in total. The Bertz CT molecular complexity index is 614. The van der Waals surface area contributed by atoms with E-state index in [1.807, 2.05) is 0 Å². The van der Waals surface area contributed by atoms with E-state index in [-0.39, 0.29) is 10.6 Å². The molecular formula is C10H9ClN4O2S. The lowest BCUT2D eigenvalue weighted by Gasteiger charge is -2.17. The second-order valence-corrected chi connectivity index (χ2v) is 5.61. The summed E-state index contributed by atoms with van der Waals surface area (Å²) in [5.74, 6) is 0. The van der Waals surface area contributed by atoms with Gasteiger partial charge in [-0.15, -0.1) is 0 Å². The zero-order chi connectivity index (χ0) is 13.8. The molecule has 18 heavy (non-hydrogen) atoms. The van der Waals surface area contributed by atoms with E-state index >= 15 is 0 Å². The first kappa shape index (κ1) is 14.3. The van der Waals surface area contributed by atoms with Crippen molar-refractivity contribution in [1.29, 1.82) is 10.5 Å². The van der Waals surface area contributed by atoms with Gasteiger partial charge in [-0.3, -0.25) is 0 Å². The van der Waals surface area contributed by atoms with Crippen LogP contribution in [-0.2, 0) is 10.0 Å². The van der Waals surface area contributed by atoms with Gasteiger partial charge in [0.25, 0.3) is 0 Å². The summed E-state index contributed by atoms with van der Waals surface area (Å²) in [7, 11) is -3.97. The van der Waals surface area contributed by atoms with Crippen molar-refractivity contribution in [2.24, 2.45) is 0 Å². The van der Waals surface area contributed by atoms with E-state index in [1.165, 1.54) is 18.2 Å². The third-order valence-corrected chi connectivity index (χ3v) is 4.18. The van der Waals surface area contributed by atoms with Crippen LogP contribution in [0.1, 0.15) is 0 Å². The number of nitriles is 2. The highest BCUT2D eigenvalue weighted by Gasteiger charge is 2.26. The van der Waals surface area contributed by atoms with Crippen LogP contribution in [0.2, 0.25) is 5.02 Å². The van der Waals surface area contributed by atoms with E-state index in [0.29, 0.717) is 5.02 Å². The van der Waals surface area contributed by atoms with Crippen LogP contribution in [0.4, 0.5) is 5.69 Å². The van der Waals surface area contributed by atoms with Crippen LogP contribution >= 0.6 is 11.6 Å². The minimum Gasteiger partial charge on any atom is -0.398 e. The molecular weight excluding hydrogens is 276 g/mol. The SMILES string of the molecule is N#CCN(CC#N)S(=O)(=O)c1ccc(Cl)cc1N. The van der Waals surface area contributed by atoms with Crippen LogP contribution in [0.5, 0.6) is 0 Å². The van der Waals surface area contributed by atoms with Crippen molar-refractivity contribution in [1.82, 2.24) is 4.31 Å². The molecule has 1 rings (SSSR count). The Morgan fingerprint density at radius 3 is 2.28 bits per heavy atom. The fourth-order valence-corrected chi connectivity index (χ4v) is 2.79. The summed E-state index contributed by atoms with van der Waals surface area (Å²) in [5.41, 5.74) is 5.56. The van der Waals surface area contributed by atoms with Gasteiger partial charge in [-0.25, -0.2) is 8.42 Å². The first-order valence-electron chi connectivity index (χ1n) is 4.72. The predicted octanol–water partition coefficient (Wildman–Crippen LogP) is 0.960. The monoisotopic (exact) mass is 284 g/mol. The Morgan fingerprint density at radius 1 is 1.28 bits per heavy atom. The highest BCUT2D eigenvalue weighted by molar-refractivity contribution is 7.89.